The van der Waals surface area contributed by atoms with Gasteiger partial charge in [-0.05, 0) is 55.8 Å². The number of hydrogen-bond acceptors (Lipinski definition) is 4. The Morgan fingerprint density at radius 3 is 2.03 bits per heavy atom. The van der Waals surface area contributed by atoms with E-state index in [1.165, 1.54) is 64.2 Å². The molecule has 5 N–H and O–H groups in total. The Labute approximate surface area is 212 Å². The summed E-state index contributed by atoms with van der Waals surface area (Å²) in [4.78, 5) is 25.7. The number of hydrogen-bond donors (Lipinski definition) is 4. The molecule has 0 bridgehead atoms. The van der Waals surface area contributed by atoms with Crippen molar-refractivity contribution in [1.82, 2.24) is 10.6 Å². The van der Waals surface area contributed by atoms with Crippen LogP contribution in [0, 0.1) is 5.92 Å². The fourth-order valence-corrected chi connectivity index (χ4v) is 5.00. The topological polar surface area (TPSA) is 104 Å². The van der Waals surface area contributed by atoms with E-state index in [9.17, 15) is 14.7 Å². The van der Waals surface area contributed by atoms with E-state index in [0.717, 1.165) is 44.2 Å². The maximum absolute atomic E-state index is 12.9. The average molecular weight is 488 g/mol. The average Bonchev–Trinajstić information content (AvgIpc) is 2.86. The predicted molar refractivity (Wildman–Crippen MR) is 143 cm³/mol. The van der Waals surface area contributed by atoms with Gasteiger partial charge in [0, 0.05) is 19.4 Å². The summed E-state index contributed by atoms with van der Waals surface area (Å²) in [5.74, 6) is 0.487. The van der Waals surface area contributed by atoms with Crippen molar-refractivity contribution in [3.05, 3.63) is 29.8 Å². The molecule has 0 aromatic heterocycles. The van der Waals surface area contributed by atoms with Crippen LogP contribution >= 0.6 is 0 Å². The molecule has 0 unspecified atom stereocenters. The number of carbonyl (C=O) groups excluding carboxylic acids is 2. The minimum Gasteiger partial charge on any atom is -0.508 e. The van der Waals surface area contributed by atoms with Crippen molar-refractivity contribution in [3.8, 4) is 5.75 Å². The lowest BCUT2D eigenvalue weighted by Crippen LogP contribution is -2.48. The number of phenolic OH excluding ortho intramolecular Hbond substituents is 1. The summed E-state index contributed by atoms with van der Waals surface area (Å²) in [6.45, 7) is 1.45. The third-order valence-electron chi connectivity index (χ3n) is 7.16. The van der Waals surface area contributed by atoms with E-state index in [4.69, 9.17) is 5.73 Å². The molecule has 1 aromatic rings. The highest BCUT2D eigenvalue weighted by Gasteiger charge is 2.23. The molecule has 0 aliphatic heterocycles. The molecule has 1 aliphatic rings. The molecular formula is C29H49N3O3. The highest BCUT2D eigenvalue weighted by Crippen LogP contribution is 2.26. The lowest BCUT2D eigenvalue weighted by molar-refractivity contribution is -0.129. The minimum atomic E-state index is -0.588. The number of benzene rings is 1. The predicted octanol–water partition coefficient (Wildman–Crippen LogP) is 5.37. The first-order chi connectivity index (χ1) is 17.1. The fraction of sp³-hybridized carbons (Fsp3) is 0.724. The van der Waals surface area contributed by atoms with Crippen molar-refractivity contribution in [3.63, 3.8) is 0 Å². The number of phenols is 1. The summed E-state index contributed by atoms with van der Waals surface area (Å²) in [6, 6.07) is 6.26. The van der Waals surface area contributed by atoms with Crippen LogP contribution in [-0.2, 0) is 16.0 Å². The number of nitrogens with two attached hydrogens (primary N) is 1. The normalized spacial score (nSPS) is 15.0. The molecule has 2 amide bonds. The SMILES string of the molecule is NCCCCCCCCCCCCNC(=O)[C@H](Cc1ccc(O)cc1)NC(=O)CC1CCCCC1. The summed E-state index contributed by atoms with van der Waals surface area (Å²) < 4.78 is 0. The first kappa shape index (κ1) is 29.2. The van der Waals surface area contributed by atoms with Crippen LogP contribution in [0.2, 0.25) is 0 Å². The van der Waals surface area contributed by atoms with E-state index in [0.29, 0.717) is 25.3 Å². The van der Waals surface area contributed by atoms with Crippen LogP contribution in [0.1, 0.15) is 108 Å². The summed E-state index contributed by atoms with van der Waals surface area (Å²) in [5.41, 5.74) is 6.45. The number of nitrogens with one attached hydrogen (secondary N) is 2. The highest BCUT2D eigenvalue weighted by atomic mass is 16.3. The summed E-state index contributed by atoms with van der Waals surface area (Å²) in [5, 5.41) is 15.6. The van der Waals surface area contributed by atoms with Gasteiger partial charge < -0.3 is 21.5 Å². The van der Waals surface area contributed by atoms with Gasteiger partial charge >= 0.3 is 0 Å². The van der Waals surface area contributed by atoms with Gasteiger partial charge in [-0.3, -0.25) is 9.59 Å². The molecule has 0 spiro atoms. The monoisotopic (exact) mass is 487 g/mol. The molecule has 2 rings (SSSR count). The standard InChI is InChI=1S/C29H49N3O3/c30-20-12-7-5-3-1-2-4-6-8-13-21-31-29(35)27(22-25-16-18-26(33)19-17-25)32-28(34)23-24-14-10-9-11-15-24/h16-19,24,27,33H,1-15,20-23,30H2,(H,31,35)(H,32,34)/t27-/m0/s1. The largest absolute Gasteiger partial charge is 0.508 e. The lowest BCUT2D eigenvalue weighted by Gasteiger charge is -2.23. The smallest absolute Gasteiger partial charge is 0.242 e. The third kappa shape index (κ3) is 13.6. The maximum Gasteiger partial charge on any atom is 0.242 e. The Hall–Kier alpha value is -2.08. The van der Waals surface area contributed by atoms with Gasteiger partial charge in [0.2, 0.25) is 11.8 Å². The quantitative estimate of drug-likeness (QED) is 0.209. The molecule has 6 nitrogen and oxygen atoms in total. The van der Waals surface area contributed by atoms with Crippen molar-refractivity contribution in [2.45, 2.75) is 115 Å². The zero-order valence-corrected chi connectivity index (χ0v) is 21.7. The van der Waals surface area contributed by atoms with Crippen LogP contribution in [0.5, 0.6) is 5.75 Å². The number of unbranched alkanes of at least 4 members (excludes halogenated alkanes) is 9. The fourth-order valence-electron chi connectivity index (χ4n) is 5.00. The van der Waals surface area contributed by atoms with Gasteiger partial charge in [-0.25, -0.2) is 0 Å². The molecule has 6 heteroatoms. The van der Waals surface area contributed by atoms with E-state index in [1.54, 1.807) is 24.3 Å². The number of amides is 2. The molecule has 35 heavy (non-hydrogen) atoms. The Kier molecular flexibility index (Phi) is 15.2. The van der Waals surface area contributed by atoms with E-state index >= 15 is 0 Å². The van der Waals surface area contributed by atoms with Crippen molar-refractivity contribution >= 4 is 11.8 Å². The number of rotatable bonds is 18. The van der Waals surface area contributed by atoms with Crippen LogP contribution < -0.4 is 16.4 Å². The Bertz CT molecular complexity index is 702. The van der Waals surface area contributed by atoms with Crippen LogP contribution in [-0.4, -0.2) is 36.1 Å². The summed E-state index contributed by atoms with van der Waals surface area (Å²) in [7, 11) is 0. The van der Waals surface area contributed by atoms with Gasteiger partial charge in [-0.2, -0.15) is 0 Å². The van der Waals surface area contributed by atoms with Crippen molar-refractivity contribution in [2.24, 2.45) is 11.7 Å². The van der Waals surface area contributed by atoms with E-state index in [1.807, 2.05) is 0 Å². The first-order valence-corrected chi connectivity index (χ1v) is 14.1. The maximum atomic E-state index is 12.9. The molecule has 1 atom stereocenters. The molecule has 1 saturated carbocycles. The second kappa shape index (κ2) is 18.2. The molecule has 1 fully saturated rings. The van der Waals surface area contributed by atoms with Gasteiger partial charge in [0.15, 0.2) is 0 Å². The second-order valence-electron chi connectivity index (χ2n) is 10.3. The number of carbonyl (C=O) groups is 2. The van der Waals surface area contributed by atoms with Crippen LogP contribution in [0.15, 0.2) is 24.3 Å². The molecular weight excluding hydrogens is 438 g/mol. The van der Waals surface area contributed by atoms with E-state index < -0.39 is 6.04 Å². The molecule has 0 saturated heterocycles. The first-order valence-electron chi connectivity index (χ1n) is 14.1. The Morgan fingerprint density at radius 2 is 1.43 bits per heavy atom. The second-order valence-corrected chi connectivity index (χ2v) is 10.3. The third-order valence-corrected chi connectivity index (χ3v) is 7.16. The minimum absolute atomic E-state index is 0.0288. The molecule has 1 aliphatic carbocycles. The van der Waals surface area contributed by atoms with Crippen molar-refractivity contribution < 1.29 is 14.7 Å². The number of aromatic hydroxyl groups is 1. The lowest BCUT2D eigenvalue weighted by atomic mass is 9.87. The van der Waals surface area contributed by atoms with Gasteiger partial charge in [0.25, 0.3) is 0 Å². The van der Waals surface area contributed by atoms with E-state index in [2.05, 4.69) is 10.6 Å². The van der Waals surface area contributed by atoms with Gasteiger partial charge in [0.05, 0.1) is 0 Å². The highest BCUT2D eigenvalue weighted by molar-refractivity contribution is 5.87. The van der Waals surface area contributed by atoms with Crippen LogP contribution in [0.3, 0.4) is 0 Å². The van der Waals surface area contributed by atoms with Crippen molar-refractivity contribution in [2.75, 3.05) is 13.1 Å². The molecule has 1 aromatic carbocycles. The van der Waals surface area contributed by atoms with Gasteiger partial charge in [0.1, 0.15) is 11.8 Å². The van der Waals surface area contributed by atoms with Crippen LogP contribution in [0.25, 0.3) is 0 Å². The Balaban J connectivity index is 1.68. The van der Waals surface area contributed by atoms with E-state index in [-0.39, 0.29) is 17.6 Å². The summed E-state index contributed by atoms with van der Waals surface area (Å²) in [6.07, 6.45) is 18.9. The van der Waals surface area contributed by atoms with Gasteiger partial charge in [-0.15, -0.1) is 0 Å². The van der Waals surface area contributed by atoms with Crippen molar-refractivity contribution in [1.29, 1.82) is 0 Å². The zero-order chi connectivity index (χ0) is 25.1. The molecule has 0 radical (unpaired) electrons. The molecule has 198 valence electrons. The summed E-state index contributed by atoms with van der Waals surface area (Å²) >= 11 is 0. The van der Waals surface area contributed by atoms with Gasteiger partial charge in [-0.1, -0.05) is 82.8 Å². The van der Waals surface area contributed by atoms with Crippen LogP contribution in [0.4, 0.5) is 0 Å². The Morgan fingerprint density at radius 1 is 0.857 bits per heavy atom. The zero-order valence-electron chi connectivity index (χ0n) is 21.7. The molecule has 0 heterocycles.